The Bertz CT molecular complexity index is 1480. The summed E-state index contributed by atoms with van der Waals surface area (Å²) in [6.07, 6.45) is 1.47. The van der Waals surface area contributed by atoms with Crippen LogP contribution in [0.4, 0.5) is 5.69 Å². The second kappa shape index (κ2) is 12.6. The van der Waals surface area contributed by atoms with Gasteiger partial charge < -0.3 is 9.47 Å². The molecule has 0 saturated heterocycles. The fraction of sp³-hybridized carbons (Fsp3) is 0.103. The van der Waals surface area contributed by atoms with E-state index >= 15 is 0 Å². The van der Waals surface area contributed by atoms with Crippen molar-refractivity contribution < 1.29 is 22.7 Å². The van der Waals surface area contributed by atoms with Gasteiger partial charge in [-0.15, -0.1) is 0 Å². The number of methoxy groups -OCH3 is 1. The number of hydrogen-bond donors (Lipinski definition) is 1. The van der Waals surface area contributed by atoms with Gasteiger partial charge in [-0.25, -0.2) is 13.8 Å². The molecule has 0 aliphatic rings. The quantitative estimate of drug-likeness (QED) is 0.226. The zero-order valence-electron chi connectivity index (χ0n) is 20.7. The van der Waals surface area contributed by atoms with E-state index in [1.807, 2.05) is 42.5 Å². The van der Waals surface area contributed by atoms with Gasteiger partial charge in [0.2, 0.25) is 0 Å². The number of amides is 1. The molecular formula is C29H27N3O5S. The Morgan fingerprint density at radius 2 is 1.55 bits per heavy atom. The number of benzene rings is 4. The number of carbonyl (C=O) groups excluding carboxylic acids is 1. The number of nitrogens with zero attached hydrogens (tertiary/aromatic N) is 2. The molecule has 1 amide bonds. The molecule has 4 rings (SSSR count). The van der Waals surface area contributed by atoms with Crippen LogP contribution >= 0.6 is 0 Å². The zero-order chi connectivity index (χ0) is 26.8. The lowest BCUT2D eigenvalue weighted by Crippen LogP contribution is -2.39. The Morgan fingerprint density at radius 3 is 2.24 bits per heavy atom. The van der Waals surface area contributed by atoms with E-state index in [4.69, 9.17) is 9.47 Å². The minimum atomic E-state index is -4.03. The predicted octanol–water partition coefficient (Wildman–Crippen LogP) is 4.62. The van der Waals surface area contributed by atoms with E-state index in [1.54, 1.807) is 54.6 Å². The van der Waals surface area contributed by atoms with Crippen molar-refractivity contribution in [2.75, 3.05) is 18.0 Å². The Hall–Kier alpha value is -4.63. The first kappa shape index (κ1) is 26.4. The van der Waals surface area contributed by atoms with Crippen LogP contribution in [0.15, 0.2) is 119 Å². The average molecular weight is 530 g/mol. The van der Waals surface area contributed by atoms with Gasteiger partial charge in [-0.2, -0.15) is 5.10 Å². The fourth-order valence-corrected chi connectivity index (χ4v) is 4.97. The number of nitrogens with one attached hydrogen (secondary N) is 1. The molecule has 0 bridgehead atoms. The number of hydrazone groups is 1. The van der Waals surface area contributed by atoms with Crippen molar-refractivity contribution >= 4 is 27.8 Å². The SMILES string of the molecule is COc1cccc(N(CC(=O)N/N=C/c2ccc(OCc3ccccc3)cc2)S(=O)(=O)c2ccccc2)c1. The maximum atomic E-state index is 13.4. The Kier molecular flexibility index (Phi) is 8.73. The first-order valence-electron chi connectivity index (χ1n) is 11.8. The van der Waals surface area contributed by atoms with Crippen LogP contribution in [0.2, 0.25) is 0 Å². The third-order valence-corrected chi connectivity index (χ3v) is 7.28. The minimum Gasteiger partial charge on any atom is -0.497 e. The van der Waals surface area contributed by atoms with E-state index in [1.165, 1.54) is 25.5 Å². The second-order valence-corrected chi connectivity index (χ2v) is 10.0. The summed E-state index contributed by atoms with van der Waals surface area (Å²) in [6.45, 7) is -0.0198. The lowest BCUT2D eigenvalue weighted by Gasteiger charge is -2.24. The summed E-state index contributed by atoms with van der Waals surface area (Å²) in [5, 5.41) is 3.99. The molecule has 0 spiro atoms. The van der Waals surface area contributed by atoms with Crippen LogP contribution in [-0.4, -0.2) is 34.2 Å². The molecule has 1 N–H and O–H groups in total. The number of hydrogen-bond acceptors (Lipinski definition) is 6. The molecule has 38 heavy (non-hydrogen) atoms. The van der Waals surface area contributed by atoms with Gasteiger partial charge >= 0.3 is 0 Å². The third-order valence-electron chi connectivity index (χ3n) is 5.49. The highest BCUT2D eigenvalue weighted by Crippen LogP contribution is 2.26. The van der Waals surface area contributed by atoms with Gasteiger partial charge in [-0.05, 0) is 59.7 Å². The molecule has 0 radical (unpaired) electrons. The largest absolute Gasteiger partial charge is 0.497 e. The van der Waals surface area contributed by atoms with E-state index in [0.717, 1.165) is 15.4 Å². The van der Waals surface area contributed by atoms with Crippen LogP contribution in [0.25, 0.3) is 0 Å². The van der Waals surface area contributed by atoms with E-state index in [0.29, 0.717) is 23.8 Å². The lowest BCUT2D eigenvalue weighted by molar-refractivity contribution is -0.119. The summed E-state index contributed by atoms with van der Waals surface area (Å²) in [5.74, 6) is 0.562. The van der Waals surface area contributed by atoms with Crippen molar-refractivity contribution in [2.45, 2.75) is 11.5 Å². The number of anilines is 1. The van der Waals surface area contributed by atoms with Gasteiger partial charge in [0.05, 0.1) is 23.9 Å². The van der Waals surface area contributed by atoms with Crippen LogP contribution in [0.3, 0.4) is 0 Å². The first-order valence-corrected chi connectivity index (χ1v) is 13.2. The normalized spacial score (nSPS) is 11.2. The number of sulfonamides is 1. The van der Waals surface area contributed by atoms with E-state index in [-0.39, 0.29) is 4.90 Å². The molecule has 0 heterocycles. The van der Waals surface area contributed by atoms with Crippen molar-refractivity contribution in [3.8, 4) is 11.5 Å². The molecular weight excluding hydrogens is 502 g/mol. The maximum absolute atomic E-state index is 13.4. The van der Waals surface area contributed by atoms with Crippen molar-refractivity contribution in [1.29, 1.82) is 0 Å². The second-order valence-electron chi connectivity index (χ2n) is 8.16. The van der Waals surface area contributed by atoms with Crippen LogP contribution in [0.1, 0.15) is 11.1 Å². The molecule has 0 unspecified atom stereocenters. The third kappa shape index (κ3) is 6.98. The molecule has 0 aromatic heterocycles. The Balaban J connectivity index is 1.41. The number of ether oxygens (including phenoxy) is 2. The Morgan fingerprint density at radius 1 is 0.868 bits per heavy atom. The van der Waals surface area contributed by atoms with E-state index in [2.05, 4.69) is 10.5 Å². The highest BCUT2D eigenvalue weighted by atomic mass is 32.2. The number of carbonyl (C=O) groups is 1. The molecule has 4 aromatic carbocycles. The first-order chi connectivity index (χ1) is 18.5. The molecule has 9 heteroatoms. The van der Waals surface area contributed by atoms with Gasteiger partial charge in [0, 0.05) is 6.07 Å². The summed E-state index contributed by atoms with van der Waals surface area (Å²) < 4.78 is 38.8. The smallest absolute Gasteiger partial charge is 0.264 e. The zero-order valence-corrected chi connectivity index (χ0v) is 21.5. The number of rotatable bonds is 11. The molecule has 194 valence electrons. The molecule has 0 saturated carbocycles. The van der Waals surface area contributed by atoms with Crippen LogP contribution in [-0.2, 0) is 21.4 Å². The maximum Gasteiger partial charge on any atom is 0.264 e. The van der Waals surface area contributed by atoms with E-state index < -0.39 is 22.5 Å². The molecule has 8 nitrogen and oxygen atoms in total. The van der Waals surface area contributed by atoms with Crippen molar-refractivity contribution in [3.63, 3.8) is 0 Å². The minimum absolute atomic E-state index is 0.0636. The standard InChI is InChI=1S/C29H27N3O5S/c1-36-27-12-8-11-25(19-27)32(38(34,35)28-13-6-3-7-14-28)21-29(33)31-30-20-23-15-17-26(18-16-23)37-22-24-9-4-2-5-10-24/h2-20H,21-22H2,1H3,(H,31,33)/b30-20+. The van der Waals surface area contributed by atoms with Crippen molar-refractivity contribution in [1.82, 2.24) is 5.43 Å². The summed E-state index contributed by atoms with van der Waals surface area (Å²) in [5.41, 5.74) is 4.50. The molecule has 0 atom stereocenters. The summed E-state index contributed by atoms with van der Waals surface area (Å²) in [4.78, 5) is 12.8. The molecule has 0 fully saturated rings. The average Bonchev–Trinajstić information content (AvgIpc) is 2.96. The topological polar surface area (TPSA) is 97.3 Å². The Labute approximate surface area is 222 Å². The van der Waals surface area contributed by atoms with E-state index in [9.17, 15) is 13.2 Å². The molecule has 4 aromatic rings. The highest BCUT2D eigenvalue weighted by Gasteiger charge is 2.27. The monoisotopic (exact) mass is 529 g/mol. The fourth-order valence-electron chi connectivity index (χ4n) is 3.54. The highest BCUT2D eigenvalue weighted by molar-refractivity contribution is 7.92. The van der Waals surface area contributed by atoms with Gasteiger partial charge in [0.25, 0.3) is 15.9 Å². The van der Waals surface area contributed by atoms with Crippen molar-refractivity contribution in [2.24, 2.45) is 5.10 Å². The van der Waals surface area contributed by atoms with Gasteiger partial charge in [-0.1, -0.05) is 54.6 Å². The lowest BCUT2D eigenvalue weighted by atomic mass is 10.2. The van der Waals surface area contributed by atoms with Gasteiger partial charge in [0.15, 0.2) is 0 Å². The van der Waals surface area contributed by atoms with Gasteiger partial charge in [0.1, 0.15) is 24.7 Å². The summed E-state index contributed by atoms with van der Waals surface area (Å²) >= 11 is 0. The van der Waals surface area contributed by atoms with Crippen LogP contribution in [0, 0.1) is 0 Å². The molecule has 0 aliphatic heterocycles. The summed E-state index contributed by atoms with van der Waals surface area (Å²) in [7, 11) is -2.55. The summed E-state index contributed by atoms with van der Waals surface area (Å²) in [6, 6.07) is 31.5. The van der Waals surface area contributed by atoms with Crippen LogP contribution < -0.4 is 19.2 Å². The predicted molar refractivity (Wildman–Crippen MR) is 147 cm³/mol. The van der Waals surface area contributed by atoms with Crippen LogP contribution in [0.5, 0.6) is 11.5 Å². The van der Waals surface area contributed by atoms with Gasteiger partial charge in [-0.3, -0.25) is 9.10 Å². The molecule has 0 aliphatic carbocycles. The van der Waals surface area contributed by atoms with Crippen molar-refractivity contribution in [3.05, 3.63) is 120 Å².